The molecule has 6 heteroatoms. The Hall–Kier alpha value is -3.41. The largest absolute Gasteiger partial charge is 0.354 e. The van der Waals surface area contributed by atoms with E-state index >= 15 is 0 Å². The number of carbonyl (C=O) groups excluding carboxylic acids is 2. The van der Waals surface area contributed by atoms with Crippen LogP contribution < -0.4 is 10.6 Å². The molecule has 0 aliphatic carbocycles. The Morgan fingerprint density at radius 1 is 0.958 bits per heavy atom. The number of urea groups is 1. The molecule has 0 unspecified atom stereocenters. The number of ketones is 1. The van der Waals surface area contributed by atoms with Gasteiger partial charge in [0.05, 0.1) is 0 Å². The van der Waals surface area contributed by atoms with Gasteiger partial charge in [-0.15, -0.1) is 0 Å². The summed E-state index contributed by atoms with van der Waals surface area (Å²) in [7, 11) is 0. The second-order valence-corrected chi connectivity index (χ2v) is 5.16. The number of aromatic nitrogens is 1. The van der Waals surface area contributed by atoms with E-state index in [-0.39, 0.29) is 5.78 Å². The van der Waals surface area contributed by atoms with Gasteiger partial charge in [-0.2, -0.15) is 0 Å². The third-order valence-electron chi connectivity index (χ3n) is 3.34. The van der Waals surface area contributed by atoms with E-state index in [9.17, 15) is 9.59 Å². The van der Waals surface area contributed by atoms with Crippen LogP contribution in [0.3, 0.4) is 0 Å². The van der Waals surface area contributed by atoms with Crippen LogP contribution >= 0.6 is 0 Å². The molecule has 0 spiro atoms. The Kier molecular flexibility index (Phi) is 4.38. The molecule has 3 rings (SSSR count). The third kappa shape index (κ3) is 3.67. The monoisotopic (exact) mass is 321 g/mol. The lowest BCUT2D eigenvalue weighted by molar-refractivity contribution is 0.101. The number of benzene rings is 2. The predicted octanol–water partition coefficient (Wildman–Crippen LogP) is 4.19. The average Bonchev–Trinajstić information content (AvgIpc) is 3.04. The highest BCUT2D eigenvalue weighted by Crippen LogP contribution is 2.22. The molecular formula is C18H15N3O3. The van der Waals surface area contributed by atoms with E-state index in [0.29, 0.717) is 22.8 Å². The van der Waals surface area contributed by atoms with Crippen LogP contribution in [-0.2, 0) is 0 Å². The Bertz CT molecular complexity index is 872. The average molecular weight is 321 g/mol. The number of Topliss-reactive ketones (excluding diaryl/α,β-unsaturated/α-hetero) is 1. The minimum absolute atomic E-state index is 0.0666. The maximum absolute atomic E-state index is 12.0. The fraction of sp³-hybridized carbons (Fsp3) is 0.0556. The van der Waals surface area contributed by atoms with Crippen LogP contribution in [0.4, 0.5) is 16.3 Å². The molecule has 0 fully saturated rings. The zero-order chi connectivity index (χ0) is 16.9. The van der Waals surface area contributed by atoms with Crippen LogP contribution in [0.2, 0.25) is 0 Å². The summed E-state index contributed by atoms with van der Waals surface area (Å²) in [6.45, 7) is 1.47. The first-order valence-corrected chi connectivity index (χ1v) is 7.33. The minimum Gasteiger partial charge on any atom is -0.354 e. The van der Waals surface area contributed by atoms with Gasteiger partial charge in [-0.25, -0.2) is 4.79 Å². The topological polar surface area (TPSA) is 84.2 Å². The maximum atomic E-state index is 12.0. The second-order valence-electron chi connectivity index (χ2n) is 5.16. The predicted molar refractivity (Wildman–Crippen MR) is 91.0 cm³/mol. The van der Waals surface area contributed by atoms with Gasteiger partial charge in [0.15, 0.2) is 17.4 Å². The van der Waals surface area contributed by atoms with Crippen LogP contribution in [0.25, 0.3) is 11.3 Å². The van der Waals surface area contributed by atoms with Crippen molar-refractivity contribution in [3.05, 3.63) is 66.2 Å². The number of hydrogen-bond acceptors (Lipinski definition) is 4. The van der Waals surface area contributed by atoms with E-state index in [4.69, 9.17) is 4.52 Å². The number of amides is 2. The van der Waals surface area contributed by atoms with Crippen molar-refractivity contribution in [2.45, 2.75) is 6.92 Å². The van der Waals surface area contributed by atoms with E-state index in [1.54, 1.807) is 30.3 Å². The molecule has 2 amide bonds. The van der Waals surface area contributed by atoms with Crippen LogP contribution in [0.1, 0.15) is 17.3 Å². The molecule has 1 aromatic heterocycles. The number of rotatable bonds is 4. The molecule has 2 aromatic carbocycles. The van der Waals surface area contributed by atoms with Crippen LogP contribution in [0, 0.1) is 0 Å². The van der Waals surface area contributed by atoms with E-state index in [1.165, 1.54) is 6.92 Å². The quantitative estimate of drug-likeness (QED) is 0.706. The van der Waals surface area contributed by atoms with Crippen molar-refractivity contribution in [1.82, 2.24) is 5.16 Å². The highest BCUT2D eigenvalue weighted by molar-refractivity contribution is 6.01. The Morgan fingerprint density at radius 3 is 2.50 bits per heavy atom. The summed E-state index contributed by atoms with van der Waals surface area (Å²) in [5.41, 5.74) is 1.92. The maximum Gasteiger partial charge on any atom is 0.324 e. The Labute approximate surface area is 138 Å². The number of anilines is 2. The van der Waals surface area contributed by atoms with E-state index in [0.717, 1.165) is 5.56 Å². The van der Waals surface area contributed by atoms with Gasteiger partial charge >= 0.3 is 6.03 Å². The van der Waals surface area contributed by atoms with Crippen molar-refractivity contribution in [1.29, 1.82) is 0 Å². The van der Waals surface area contributed by atoms with Crippen LogP contribution in [0.5, 0.6) is 0 Å². The lowest BCUT2D eigenvalue weighted by Crippen LogP contribution is -2.19. The number of hydrogen-bond donors (Lipinski definition) is 2. The molecule has 1 heterocycles. The van der Waals surface area contributed by atoms with Crippen molar-refractivity contribution in [2.75, 3.05) is 10.6 Å². The van der Waals surface area contributed by atoms with Crippen LogP contribution in [0.15, 0.2) is 65.2 Å². The van der Waals surface area contributed by atoms with Crippen molar-refractivity contribution in [3.8, 4) is 11.3 Å². The molecule has 3 aromatic rings. The normalized spacial score (nSPS) is 10.2. The van der Waals surface area contributed by atoms with E-state index < -0.39 is 6.03 Å². The number of nitrogens with zero attached hydrogens (tertiary/aromatic N) is 1. The van der Waals surface area contributed by atoms with Gasteiger partial charge in [-0.3, -0.25) is 10.1 Å². The summed E-state index contributed by atoms with van der Waals surface area (Å²) in [6.07, 6.45) is 0. The van der Waals surface area contributed by atoms with Crippen molar-refractivity contribution in [2.24, 2.45) is 0 Å². The SMILES string of the molecule is CC(=O)c1cccc(NC(=O)Nc2cc(-c3ccccc3)on2)c1. The molecule has 0 atom stereocenters. The lowest BCUT2D eigenvalue weighted by atomic mass is 10.1. The highest BCUT2D eigenvalue weighted by Gasteiger charge is 2.10. The van der Waals surface area contributed by atoms with Gasteiger partial charge in [-0.05, 0) is 19.1 Å². The van der Waals surface area contributed by atoms with E-state index in [1.807, 2.05) is 30.3 Å². The Morgan fingerprint density at radius 2 is 1.75 bits per heavy atom. The molecule has 0 bridgehead atoms. The first-order chi connectivity index (χ1) is 11.6. The zero-order valence-electron chi connectivity index (χ0n) is 12.9. The van der Waals surface area contributed by atoms with Gasteiger partial charge in [0, 0.05) is 22.9 Å². The van der Waals surface area contributed by atoms with Gasteiger partial charge in [-0.1, -0.05) is 47.6 Å². The molecule has 0 aliphatic heterocycles. The van der Waals surface area contributed by atoms with Gasteiger partial charge in [0.1, 0.15) is 0 Å². The van der Waals surface area contributed by atoms with Crippen molar-refractivity contribution in [3.63, 3.8) is 0 Å². The molecule has 0 saturated carbocycles. The molecule has 0 radical (unpaired) electrons. The fourth-order valence-corrected chi connectivity index (χ4v) is 2.17. The summed E-state index contributed by atoms with van der Waals surface area (Å²) < 4.78 is 5.22. The first kappa shape index (κ1) is 15.5. The summed E-state index contributed by atoms with van der Waals surface area (Å²) in [5.74, 6) is 0.793. The highest BCUT2D eigenvalue weighted by atomic mass is 16.5. The first-order valence-electron chi connectivity index (χ1n) is 7.33. The van der Waals surface area contributed by atoms with Crippen LogP contribution in [-0.4, -0.2) is 17.0 Å². The molecule has 6 nitrogen and oxygen atoms in total. The molecule has 0 aliphatic rings. The summed E-state index contributed by atoms with van der Waals surface area (Å²) in [6, 6.07) is 17.3. The zero-order valence-corrected chi connectivity index (χ0v) is 12.9. The smallest absolute Gasteiger partial charge is 0.324 e. The molecule has 0 saturated heterocycles. The lowest BCUT2D eigenvalue weighted by Gasteiger charge is -2.06. The summed E-state index contributed by atoms with van der Waals surface area (Å²) in [4.78, 5) is 23.4. The summed E-state index contributed by atoms with van der Waals surface area (Å²) >= 11 is 0. The number of nitrogens with one attached hydrogen (secondary N) is 2. The minimum atomic E-state index is -0.469. The van der Waals surface area contributed by atoms with Gasteiger partial charge < -0.3 is 9.84 Å². The molecule has 2 N–H and O–H groups in total. The molecule has 24 heavy (non-hydrogen) atoms. The second kappa shape index (κ2) is 6.78. The van der Waals surface area contributed by atoms with E-state index in [2.05, 4.69) is 15.8 Å². The van der Waals surface area contributed by atoms with Crippen molar-refractivity contribution >= 4 is 23.3 Å². The molecular weight excluding hydrogens is 306 g/mol. The standard InChI is InChI=1S/C18H15N3O3/c1-12(22)14-8-5-9-15(10-14)19-18(23)20-17-11-16(24-21-17)13-6-3-2-4-7-13/h2-11H,1H3,(H2,19,20,21,23). The summed E-state index contributed by atoms with van der Waals surface area (Å²) in [5, 5.41) is 9.06. The Balaban J connectivity index is 1.66. The fourth-order valence-electron chi connectivity index (χ4n) is 2.17. The molecule has 120 valence electrons. The van der Waals surface area contributed by atoms with Gasteiger partial charge in [0.25, 0.3) is 0 Å². The third-order valence-corrected chi connectivity index (χ3v) is 3.34. The number of carbonyl (C=O) groups is 2. The van der Waals surface area contributed by atoms with Gasteiger partial charge in [0.2, 0.25) is 0 Å². The van der Waals surface area contributed by atoms with Crippen molar-refractivity contribution < 1.29 is 14.1 Å².